The van der Waals surface area contributed by atoms with Crippen LogP contribution in [0.25, 0.3) is 17.1 Å². The molecule has 0 saturated heterocycles. The summed E-state index contributed by atoms with van der Waals surface area (Å²) in [5.74, 6) is 0.0655. The smallest absolute Gasteiger partial charge is 0.275 e. The summed E-state index contributed by atoms with van der Waals surface area (Å²) in [5, 5.41) is 28.2. The van der Waals surface area contributed by atoms with Gasteiger partial charge >= 0.3 is 0 Å². The highest BCUT2D eigenvalue weighted by molar-refractivity contribution is 7.80. The Labute approximate surface area is 180 Å². The van der Waals surface area contributed by atoms with Crippen molar-refractivity contribution >= 4 is 35.0 Å². The van der Waals surface area contributed by atoms with E-state index < -0.39 is 11.4 Å². The van der Waals surface area contributed by atoms with Gasteiger partial charge in [-0.3, -0.25) is 4.79 Å². The van der Waals surface area contributed by atoms with Crippen LogP contribution in [0.5, 0.6) is 5.88 Å². The number of hydrogen-bond acceptors (Lipinski definition) is 9. The first kappa shape index (κ1) is 19.5. The van der Waals surface area contributed by atoms with Crippen molar-refractivity contribution in [3.63, 3.8) is 0 Å². The van der Waals surface area contributed by atoms with Crippen molar-refractivity contribution in [2.45, 2.75) is 4.90 Å². The van der Waals surface area contributed by atoms with Crippen LogP contribution in [0.3, 0.4) is 0 Å². The summed E-state index contributed by atoms with van der Waals surface area (Å²) in [6.07, 6.45) is 0. The maximum atomic E-state index is 12.6. The van der Waals surface area contributed by atoms with Crippen LogP contribution >= 0.6 is 24.2 Å². The molecular weight excluding hydrogens is 420 g/mol. The van der Waals surface area contributed by atoms with Crippen LogP contribution in [0.1, 0.15) is 5.56 Å². The number of nitriles is 1. The molecule has 4 rings (SSSR count). The second-order valence-corrected chi connectivity index (χ2v) is 7.25. The van der Waals surface area contributed by atoms with Crippen LogP contribution < -0.4 is 5.56 Å². The van der Waals surface area contributed by atoms with Gasteiger partial charge in [-0.1, -0.05) is 30.3 Å². The van der Waals surface area contributed by atoms with Crippen LogP contribution in [-0.2, 0) is 0 Å². The molecule has 2 aromatic heterocycles. The lowest BCUT2D eigenvalue weighted by atomic mass is 10.2. The van der Waals surface area contributed by atoms with Crippen molar-refractivity contribution in [3.8, 4) is 29.0 Å². The van der Waals surface area contributed by atoms with E-state index in [1.807, 2.05) is 36.4 Å². The summed E-state index contributed by atoms with van der Waals surface area (Å²) in [6.45, 7) is 0. The molecule has 0 unspecified atom stereocenters. The number of nitrogens with zero attached hydrogens (tertiary/aromatic N) is 6. The third-order valence-corrected chi connectivity index (χ3v) is 4.97. The van der Waals surface area contributed by atoms with Crippen LogP contribution in [0, 0.1) is 11.3 Å². The Balaban J connectivity index is 1.74. The monoisotopic (exact) mass is 432 g/mol. The molecule has 2 aromatic carbocycles. The number of hydrogen-bond donors (Lipinski definition) is 2. The Morgan fingerprint density at radius 2 is 1.83 bits per heavy atom. The fourth-order valence-electron chi connectivity index (χ4n) is 2.65. The number of azo groups is 1. The highest BCUT2D eigenvalue weighted by atomic mass is 32.1. The standard InChI is InChI=1S/C20H12N6O2S2/c21-11-13-10-16(19(28)26(18(13)27)14-6-8-15(29)9-7-14)23-24-20-22-17(25-30-20)12-4-2-1-3-5-12/h1-10,28-29H. The van der Waals surface area contributed by atoms with E-state index in [1.165, 1.54) is 6.07 Å². The molecule has 10 heteroatoms. The van der Waals surface area contributed by atoms with Gasteiger partial charge in [0.2, 0.25) is 11.0 Å². The van der Waals surface area contributed by atoms with Crippen LogP contribution in [0.15, 0.2) is 80.6 Å². The van der Waals surface area contributed by atoms with Gasteiger partial charge < -0.3 is 5.11 Å². The fraction of sp³-hybridized carbons (Fsp3) is 0. The molecule has 0 aliphatic heterocycles. The van der Waals surface area contributed by atoms with Gasteiger partial charge in [0.1, 0.15) is 17.3 Å². The number of thiol groups is 1. The van der Waals surface area contributed by atoms with Crippen LogP contribution in [0.2, 0.25) is 0 Å². The molecule has 0 radical (unpaired) electrons. The van der Waals surface area contributed by atoms with Gasteiger partial charge in [-0.05, 0) is 30.3 Å². The van der Waals surface area contributed by atoms with E-state index in [0.717, 1.165) is 21.7 Å². The molecule has 2 heterocycles. The zero-order chi connectivity index (χ0) is 21.1. The lowest BCUT2D eigenvalue weighted by Crippen LogP contribution is -2.20. The van der Waals surface area contributed by atoms with Crippen molar-refractivity contribution in [3.05, 3.63) is 76.6 Å². The van der Waals surface area contributed by atoms with Crippen LogP contribution in [0.4, 0.5) is 10.8 Å². The van der Waals surface area contributed by atoms with E-state index >= 15 is 0 Å². The lowest BCUT2D eigenvalue weighted by Gasteiger charge is -2.10. The van der Waals surface area contributed by atoms with Crippen molar-refractivity contribution in [2.75, 3.05) is 0 Å². The zero-order valence-electron chi connectivity index (χ0n) is 15.2. The summed E-state index contributed by atoms with van der Waals surface area (Å²) in [4.78, 5) is 17.5. The zero-order valence-corrected chi connectivity index (χ0v) is 16.9. The second-order valence-electron chi connectivity index (χ2n) is 6.00. The highest BCUT2D eigenvalue weighted by Crippen LogP contribution is 2.31. The molecule has 4 aromatic rings. The molecule has 0 aliphatic rings. The van der Waals surface area contributed by atoms with Gasteiger partial charge in [-0.25, -0.2) is 4.57 Å². The molecule has 8 nitrogen and oxygen atoms in total. The Hall–Kier alpha value is -3.81. The first-order chi connectivity index (χ1) is 14.6. The second kappa shape index (κ2) is 8.28. The van der Waals surface area contributed by atoms with E-state index in [-0.39, 0.29) is 16.4 Å². The number of aromatic nitrogens is 3. The predicted octanol–water partition coefficient (Wildman–Crippen LogP) is 4.64. The lowest BCUT2D eigenvalue weighted by molar-refractivity contribution is 0.436. The summed E-state index contributed by atoms with van der Waals surface area (Å²) in [5.41, 5.74) is 0.316. The van der Waals surface area contributed by atoms with E-state index in [4.69, 9.17) is 0 Å². The molecule has 0 atom stereocenters. The molecule has 0 bridgehead atoms. The average Bonchev–Trinajstić information content (AvgIpc) is 3.24. The van der Waals surface area contributed by atoms with Crippen molar-refractivity contribution in [1.29, 1.82) is 5.26 Å². The Bertz CT molecular complexity index is 1340. The largest absolute Gasteiger partial charge is 0.493 e. The molecule has 146 valence electrons. The number of rotatable bonds is 4. The van der Waals surface area contributed by atoms with E-state index in [9.17, 15) is 15.2 Å². The average molecular weight is 432 g/mol. The molecule has 0 saturated carbocycles. The summed E-state index contributed by atoms with van der Waals surface area (Å²) < 4.78 is 5.24. The van der Waals surface area contributed by atoms with Gasteiger partial charge in [0.25, 0.3) is 5.56 Å². The van der Waals surface area contributed by atoms with Crippen molar-refractivity contribution < 1.29 is 5.11 Å². The molecule has 0 spiro atoms. The van der Waals surface area contributed by atoms with Gasteiger partial charge in [0.15, 0.2) is 5.82 Å². The Kier molecular flexibility index (Phi) is 5.38. The third kappa shape index (κ3) is 3.84. The molecule has 0 aliphatic carbocycles. The summed E-state index contributed by atoms with van der Waals surface area (Å²) in [7, 11) is 0. The van der Waals surface area contributed by atoms with Crippen LogP contribution in [-0.4, -0.2) is 19.0 Å². The summed E-state index contributed by atoms with van der Waals surface area (Å²) in [6, 6.07) is 18.9. The molecule has 30 heavy (non-hydrogen) atoms. The SMILES string of the molecule is N#Cc1cc(N=Nc2nc(-c3ccccc3)ns2)c(O)n(-c2ccc(S)cc2)c1=O. The van der Waals surface area contributed by atoms with E-state index in [1.54, 1.807) is 24.3 Å². The first-order valence-corrected chi connectivity index (χ1v) is 9.78. The maximum Gasteiger partial charge on any atom is 0.275 e. The molecule has 1 N–H and O–H groups in total. The minimum Gasteiger partial charge on any atom is -0.493 e. The predicted molar refractivity (Wildman–Crippen MR) is 115 cm³/mol. The number of pyridine rings is 1. The number of benzene rings is 2. The molecular formula is C20H12N6O2S2. The Morgan fingerprint density at radius 3 is 2.53 bits per heavy atom. The highest BCUT2D eigenvalue weighted by Gasteiger charge is 2.16. The van der Waals surface area contributed by atoms with Gasteiger partial charge in [0.05, 0.1) is 5.69 Å². The topological polar surface area (TPSA) is 117 Å². The van der Waals surface area contributed by atoms with E-state index in [0.29, 0.717) is 16.4 Å². The van der Waals surface area contributed by atoms with Gasteiger partial charge in [-0.2, -0.15) is 14.6 Å². The summed E-state index contributed by atoms with van der Waals surface area (Å²) >= 11 is 5.25. The molecule has 0 fully saturated rings. The third-order valence-electron chi connectivity index (χ3n) is 4.07. The van der Waals surface area contributed by atoms with Crippen molar-refractivity contribution in [1.82, 2.24) is 13.9 Å². The van der Waals surface area contributed by atoms with Gasteiger partial charge in [-0.15, -0.1) is 22.9 Å². The number of aromatic hydroxyl groups is 1. The Morgan fingerprint density at radius 1 is 1.10 bits per heavy atom. The maximum absolute atomic E-state index is 12.6. The van der Waals surface area contributed by atoms with Gasteiger partial charge in [0, 0.05) is 22.0 Å². The van der Waals surface area contributed by atoms with Crippen molar-refractivity contribution in [2.24, 2.45) is 10.2 Å². The van der Waals surface area contributed by atoms with E-state index in [2.05, 4.69) is 32.2 Å². The first-order valence-electron chi connectivity index (χ1n) is 8.56. The normalized spacial score (nSPS) is 10.9. The fourth-order valence-corrected chi connectivity index (χ4v) is 3.31. The quantitative estimate of drug-likeness (QED) is 0.360. The minimum absolute atomic E-state index is 0.0439. The molecule has 0 amide bonds. The minimum atomic E-state index is -0.664.